The number of aryl methyl sites for hydroxylation is 3. The normalized spacial score (nSPS) is 13.3. The van der Waals surface area contributed by atoms with Gasteiger partial charge in [-0.15, -0.1) is 9.13 Å². The standard InChI is InChI=1S/C43H36N3O2/c1-28-19-21-30(22-20-28)32-26-38(33-14-7-5-12-29(33)2)46(39(27-32)43(47)48-4)42-40-35(37-18-9-10-24-45(37)42)16-11-17-36(40)41-34-15-8-6-13-31(34)23-25-44(41)3/h5-27,42H,1-4H3/q+3. The highest BCUT2D eigenvalue weighted by atomic mass is 16.5. The van der Waals surface area contributed by atoms with Crippen LogP contribution in [0.3, 0.4) is 0 Å². The van der Waals surface area contributed by atoms with Gasteiger partial charge in [0.05, 0.1) is 23.6 Å². The number of nitrogens with zero attached hydrogens (tertiary/aromatic N) is 3. The van der Waals surface area contributed by atoms with E-state index in [2.05, 4.69) is 168 Å². The van der Waals surface area contributed by atoms with Crippen LogP contribution in [0.25, 0.3) is 55.7 Å². The number of pyridine rings is 3. The highest BCUT2D eigenvalue weighted by molar-refractivity contribution is 5.95. The number of ether oxygens (including phenoxy) is 1. The van der Waals surface area contributed by atoms with Crippen molar-refractivity contribution < 1.29 is 23.2 Å². The van der Waals surface area contributed by atoms with E-state index in [0.717, 1.165) is 56.0 Å². The van der Waals surface area contributed by atoms with E-state index in [1.807, 2.05) is 6.07 Å². The lowest BCUT2D eigenvalue weighted by Crippen LogP contribution is -2.60. The van der Waals surface area contributed by atoms with Gasteiger partial charge >= 0.3 is 12.1 Å². The number of hydrogen-bond acceptors (Lipinski definition) is 2. The van der Waals surface area contributed by atoms with E-state index in [0.29, 0.717) is 5.69 Å². The van der Waals surface area contributed by atoms with Crippen LogP contribution in [-0.2, 0) is 11.8 Å². The smallest absolute Gasteiger partial charge is 0.403 e. The Kier molecular flexibility index (Phi) is 7.18. The third-order valence-electron chi connectivity index (χ3n) is 9.64. The number of carbonyl (C=O) groups excluding carboxylic acids is 1. The maximum atomic E-state index is 14.0. The Labute approximate surface area is 280 Å². The Morgan fingerprint density at radius 2 is 1.40 bits per heavy atom. The van der Waals surface area contributed by atoms with Crippen molar-refractivity contribution in [3.8, 4) is 44.9 Å². The summed E-state index contributed by atoms with van der Waals surface area (Å²) in [5.41, 5.74) is 12.3. The first-order valence-electron chi connectivity index (χ1n) is 16.3. The number of hydrogen-bond donors (Lipinski definition) is 0. The Balaban J connectivity index is 1.51. The van der Waals surface area contributed by atoms with Crippen molar-refractivity contribution >= 4 is 16.7 Å². The summed E-state index contributed by atoms with van der Waals surface area (Å²) >= 11 is 0. The molecule has 1 unspecified atom stereocenters. The Morgan fingerprint density at radius 1 is 0.667 bits per heavy atom. The van der Waals surface area contributed by atoms with E-state index in [4.69, 9.17) is 4.74 Å². The second-order valence-corrected chi connectivity index (χ2v) is 12.6. The fraction of sp³-hybridized carbons (Fsp3) is 0.116. The van der Waals surface area contributed by atoms with E-state index in [-0.39, 0.29) is 6.17 Å². The van der Waals surface area contributed by atoms with Crippen LogP contribution in [0.4, 0.5) is 0 Å². The Bertz CT molecular complexity index is 2390. The Hall–Kier alpha value is -5.94. The highest BCUT2D eigenvalue weighted by Gasteiger charge is 2.50. The largest absolute Gasteiger partial charge is 0.461 e. The van der Waals surface area contributed by atoms with Gasteiger partial charge in [-0.3, -0.25) is 0 Å². The van der Waals surface area contributed by atoms with Crippen LogP contribution in [0.15, 0.2) is 140 Å². The lowest BCUT2D eigenvalue weighted by atomic mass is 9.93. The fourth-order valence-electron chi connectivity index (χ4n) is 7.32. The van der Waals surface area contributed by atoms with Crippen molar-refractivity contribution in [2.45, 2.75) is 20.0 Å². The number of carbonyl (C=O) groups is 1. The molecule has 0 fully saturated rings. The topological polar surface area (TPSA) is 37.9 Å². The van der Waals surface area contributed by atoms with Crippen LogP contribution in [0.2, 0.25) is 0 Å². The van der Waals surface area contributed by atoms with E-state index >= 15 is 0 Å². The molecule has 48 heavy (non-hydrogen) atoms. The number of methoxy groups -OCH3 is 1. The molecule has 1 aliphatic rings. The SMILES string of the molecule is COC(=O)c1cc(-c2ccc(C)cc2)cc(-c2ccccc2C)[n+]1C1c2c(-c3c4ccccc4cc[n+]3C)cccc2-c2cccc[n+]21. The van der Waals surface area contributed by atoms with Crippen molar-refractivity contribution in [1.82, 2.24) is 0 Å². The molecule has 0 radical (unpaired) electrons. The molecule has 0 aliphatic carbocycles. The first-order chi connectivity index (χ1) is 23.4. The zero-order valence-corrected chi connectivity index (χ0v) is 27.5. The molecule has 7 aromatic rings. The zero-order valence-electron chi connectivity index (χ0n) is 27.5. The summed E-state index contributed by atoms with van der Waals surface area (Å²) in [6.45, 7) is 4.21. The van der Waals surface area contributed by atoms with Crippen LogP contribution in [-0.4, -0.2) is 13.1 Å². The van der Waals surface area contributed by atoms with Gasteiger partial charge in [-0.2, -0.15) is 0 Å². The second-order valence-electron chi connectivity index (χ2n) is 12.6. The van der Waals surface area contributed by atoms with Crippen LogP contribution in [0, 0.1) is 13.8 Å². The van der Waals surface area contributed by atoms with E-state index in [1.54, 1.807) is 0 Å². The molecular weight excluding hydrogens is 590 g/mol. The van der Waals surface area contributed by atoms with E-state index in [9.17, 15) is 4.79 Å². The minimum atomic E-state index is -0.390. The maximum Gasteiger partial charge on any atom is 0.403 e. The minimum Gasteiger partial charge on any atom is -0.461 e. The van der Waals surface area contributed by atoms with Gasteiger partial charge in [0.1, 0.15) is 12.6 Å². The molecule has 3 aromatic heterocycles. The van der Waals surface area contributed by atoms with Gasteiger partial charge in [0.15, 0.2) is 12.4 Å². The van der Waals surface area contributed by atoms with E-state index < -0.39 is 5.97 Å². The van der Waals surface area contributed by atoms with Gasteiger partial charge in [0.25, 0.3) is 5.69 Å². The van der Waals surface area contributed by atoms with Crippen molar-refractivity contribution in [2.75, 3.05) is 7.11 Å². The summed E-state index contributed by atoms with van der Waals surface area (Å²) in [5, 5.41) is 2.34. The summed E-state index contributed by atoms with van der Waals surface area (Å²) in [7, 11) is 3.57. The van der Waals surface area contributed by atoms with Crippen molar-refractivity contribution in [1.29, 1.82) is 0 Å². The van der Waals surface area contributed by atoms with Gasteiger partial charge in [-0.25, -0.2) is 9.36 Å². The van der Waals surface area contributed by atoms with Gasteiger partial charge < -0.3 is 4.74 Å². The second kappa shape index (κ2) is 11.7. The monoisotopic (exact) mass is 626 g/mol. The molecule has 1 atom stereocenters. The minimum absolute atomic E-state index is 0.387. The molecule has 5 heteroatoms. The molecule has 1 aliphatic heterocycles. The fourth-order valence-corrected chi connectivity index (χ4v) is 7.32. The number of esters is 1. The summed E-state index contributed by atoms with van der Waals surface area (Å²) in [4.78, 5) is 14.0. The van der Waals surface area contributed by atoms with Crippen molar-refractivity contribution in [3.05, 3.63) is 162 Å². The molecule has 0 amide bonds. The summed E-state index contributed by atoms with van der Waals surface area (Å²) < 4.78 is 12.2. The van der Waals surface area contributed by atoms with Gasteiger partial charge in [0.2, 0.25) is 17.1 Å². The molecule has 0 spiro atoms. The number of benzene rings is 4. The highest BCUT2D eigenvalue weighted by Crippen LogP contribution is 2.41. The zero-order chi connectivity index (χ0) is 32.9. The van der Waals surface area contributed by atoms with Gasteiger partial charge in [-0.1, -0.05) is 72.3 Å². The maximum absolute atomic E-state index is 14.0. The van der Waals surface area contributed by atoms with Crippen LogP contribution in [0.1, 0.15) is 33.3 Å². The van der Waals surface area contributed by atoms with Gasteiger partial charge in [0, 0.05) is 35.9 Å². The number of aromatic nitrogens is 3. The van der Waals surface area contributed by atoms with Crippen LogP contribution >= 0.6 is 0 Å². The third kappa shape index (κ3) is 4.70. The predicted molar refractivity (Wildman–Crippen MR) is 188 cm³/mol. The molecule has 4 aromatic carbocycles. The summed E-state index contributed by atoms with van der Waals surface area (Å²) in [5.74, 6) is -0.390. The average Bonchev–Trinajstić information content (AvgIpc) is 3.46. The third-order valence-corrected chi connectivity index (χ3v) is 9.64. The Morgan fingerprint density at radius 3 is 2.21 bits per heavy atom. The van der Waals surface area contributed by atoms with Crippen LogP contribution < -0.4 is 13.7 Å². The summed E-state index contributed by atoms with van der Waals surface area (Å²) in [6.07, 6.45) is 3.86. The quantitative estimate of drug-likeness (QED) is 0.145. The summed E-state index contributed by atoms with van der Waals surface area (Å²) in [6, 6.07) is 44.6. The molecule has 4 heterocycles. The lowest BCUT2D eigenvalue weighted by molar-refractivity contribution is -0.921. The number of rotatable bonds is 5. The number of fused-ring (bicyclic) bond motifs is 4. The average molecular weight is 627 g/mol. The molecule has 0 saturated heterocycles. The molecule has 0 N–H and O–H groups in total. The molecule has 0 bridgehead atoms. The van der Waals surface area contributed by atoms with Crippen molar-refractivity contribution in [3.63, 3.8) is 0 Å². The predicted octanol–water partition coefficient (Wildman–Crippen LogP) is 7.72. The molecule has 5 nitrogen and oxygen atoms in total. The van der Waals surface area contributed by atoms with E-state index in [1.165, 1.54) is 23.4 Å². The molecule has 232 valence electrons. The first kappa shape index (κ1) is 29.5. The van der Waals surface area contributed by atoms with Crippen LogP contribution in [0.5, 0.6) is 0 Å². The first-order valence-corrected chi connectivity index (χ1v) is 16.3. The lowest BCUT2D eigenvalue weighted by Gasteiger charge is -2.16. The molecular formula is C43H36N3O2+3. The van der Waals surface area contributed by atoms with Crippen molar-refractivity contribution in [2.24, 2.45) is 7.05 Å². The molecule has 8 rings (SSSR count). The van der Waals surface area contributed by atoms with Gasteiger partial charge in [-0.05, 0) is 66.3 Å². The molecule has 0 saturated carbocycles.